The molecule has 0 spiro atoms. The van der Waals surface area contributed by atoms with Crippen LogP contribution in [0.3, 0.4) is 0 Å². The Kier molecular flexibility index (Phi) is 4.99. The van der Waals surface area contributed by atoms with Crippen LogP contribution in [0, 0.1) is 5.92 Å². The second-order valence-electron chi connectivity index (χ2n) is 4.07. The molecule has 16 heavy (non-hydrogen) atoms. The minimum Gasteiger partial charge on any atom is -0.354 e. The zero-order valence-corrected chi connectivity index (χ0v) is 9.94. The summed E-state index contributed by atoms with van der Waals surface area (Å²) in [5.74, 6) is 0.136. The first-order chi connectivity index (χ1) is 7.65. The molecule has 0 radical (unpaired) electrons. The summed E-state index contributed by atoms with van der Waals surface area (Å²) >= 11 is 0. The summed E-state index contributed by atoms with van der Waals surface area (Å²) in [5, 5.41) is 2.87. The van der Waals surface area contributed by atoms with Crippen molar-refractivity contribution in [2.45, 2.75) is 26.3 Å². The van der Waals surface area contributed by atoms with E-state index in [1.54, 1.807) is 0 Å². The van der Waals surface area contributed by atoms with Crippen molar-refractivity contribution in [1.29, 1.82) is 0 Å². The number of nitrogens with one attached hydrogen (secondary N) is 1. The second kappa shape index (κ2) is 6.28. The van der Waals surface area contributed by atoms with Gasteiger partial charge >= 0.3 is 0 Å². The summed E-state index contributed by atoms with van der Waals surface area (Å²) in [7, 11) is 0. The fourth-order valence-electron chi connectivity index (χ4n) is 1.39. The van der Waals surface area contributed by atoms with Crippen LogP contribution in [0.15, 0.2) is 30.3 Å². The average molecular weight is 220 g/mol. The van der Waals surface area contributed by atoms with Crippen molar-refractivity contribution in [2.24, 2.45) is 11.7 Å². The molecule has 3 heteroatoms. The molecule has 0 aliphatic rings. The number of carbonyl (C=O) groups is 1. The van der Waals surface area contributed by atoms with Crippen LogP contribution in [0.1, 0.15) is 31.9 Å². The fraction of sp³-hybridized carbons (Fsp3) is 0.462. The summed E-state index contributed by atoms with van der Waals surface area (Å²) in [5.41, 5.74) is 7.02. The van der Waals surface area contributed by atoms with Crippen LogP contribution in [-0.2, 0) is 4.79 Å². The van der Waals surface area contributed by atoms with E-state index in [1.807, 2.05) is 44.2 Å². The number of benzene rings is 1. The Hall–Kier alpha value is -1.35. The Morgan fingerprint density at radius 1 is 1.38 bits per heavy atom. The van der Waals surface area contributed by atoms with Crippen LogP contribution in [0.4, 0.5) is 0 Å². The lowest BCUT2D eigenvalue weighted by Crippen LogP contribution is -2.35. The zero-order chi connectivity index (χ0) is 12.0. The van der Waals surface area contributed by atoms with Crippen molar-refractivity contribution in [3.05, 3.63) is 35.9 Å². The number of hydrogen-bond donors (Lipinski definition) is 2. The van der Waals surface area contributed by atoms with Crippen LogP contribution in [0.5, 0.6) is 0 Å². The van der Waals surface area contributed by atoms with Crippen molar-refractivity contribution in [3.8, 4) is 0 Å². The molecule has 0 aliphatic carbocycles. The van der Waals surface area contributed by atoms with Crippen LogP contribution >= 0.6 is 0 Å². The highest BCUT2D eigenvalue weighted by molar-refractivity contribution is 5.78. The number of hydrogen-bond acceptors (Lipinski definition) is 2. The van der Waals surface area contributed by atoms with Crippen molar-refractivity contribution < 1.29 is 4.79 Å². The Bertz CT molecular complexity index is 324. The summed E-state index contributed by atoms with van der Waals surface area (Å²) in [6, 6.07) is 9.67. The minimum absolute atomic E-state index is 0.0583. The van der Waals surface area contributed by atoms with E-state index in [9.17, 15) is 4.79 Å². The molecule has 0 bridgehead atoms. The Morgan fingerprint density at radius 3 is 2.56 bits per heavy atom. The third-order valence-corrected chi connectivity index (χ3v) is 2.78. The molecule has 3 N–H and O–H groups in total. The summed E-state index contributed by atoms with van der Waals surface area (Å²) in [6.45, 7) is 4.41. The predicted octanol–water partition coefficient (Wildman–Crippen LogP) is 1.85. The van der Waals surface area contributed by atoms with Gasteiger partial charge in [0.2, 0.25) is 5.91 Å². The lowest BCUT2D eigenvalue weighted by Gasteiger charge is -2.15. The van der Waals surface area contributed by atoms with Gasteiger partial charge in [-0.25, -0.2) is 0 Å². The van der Waals surface area contributed by atoms with E-state index in [-0.39, 0.29) is 17.9 Å². The maximum atomic E-state index is 11.5. The molecular formula is C13H20N2O. The van der Waals surface area contributed by atoms with Gasteiger partial charge in [-0.3, -0.25) is 4.79 Å². The standard InChI is InChI=1S/C13H20N2O/c1-3-10(2)13(16)15-9-12(14)11-7-5-4-6-8-11/h4-8,10,12H,3,9,14H2,1-2H3,(H,15,16). The normalized spacial score (nSPS) is 14.2. The minimum atomic E-state index is -0.130. The smallest absolute Gasteiger partial charge is 0.222 e. The van der Waals surface area contributed by atoms with Crippen LogP contribution in [0.25, 0.3) is 0 Å². The molecular weight excluding hydrogens is 200 g/mol. The van der Waals surface area contributed by atoms with Gasteiger partial charge in [0, 0.05) is 18.5 Å². The molecule has 1 amide bonds. The largest absolute Gasteiger partial charge is 0.354 e. The van der Waals surface area contributed by atoms with Crippen molar-refractivity contribution in [2.75, 3.05) is 6.54 Å². The van der Waals surface area contributed by atoms with Gasteiger partial charge in [-0.2, -0.15) is 0 Å². The number of nitrogens with two attached hydrogens (primary N) is 1. The first-order valence-electron chi connectivity index (χ1n) is 5.73. The van der Waals surface area contributed by atoms with Crippen molar-refractivity contribution in [3.63, 3.8) is 0 Å². The quantitative estimate of drug-likeness (QED) is 0.795. The monoisotopic (exact) mass is 220 g/mol. The molecule has 0 saturated carbocycles. The highest BCUT2D eigenvalue weighted by Gasteiger charge is 2.12. The van der Waals surface area contributed by atoms with Gasteiger partial charge in [-0.15, -0.1) is 0 Å². The topological polar surface area (TPSA) is 55.1 Å². The summed E-state index contributed by atoms with van der Waals surface area (Å²) in [6.07, 6.45) is 0.854. The second-order valence-corrected chi connectivity index (χ2v) is 4.07. The maximum Gasteiger partial charge on any atom is 0.222 e. The van der Waals surface area contributed by atoms with Gasteiger partial charge in [-0.1, -0.05) is 44.2 Å². The lowest BCUT2D eigenvalue weighted by atomic mass is 10.1. The van der Waals surface area contributed by atoms with Gasteiger partial charge in [0.1, 0.15) is 0 Å². The molecule has 3 nitrogen and oxygen atoms in total. The van der Waals surface area contributed by atoms with E-state index < -0.39 is 0 Å². The van der Waals surface area contributed by atoms with E-state index in [0.717, 1.165) is 12.0 Å². The average Bonchev–Trinajstić information content (AvgIpc) is 2.35. The Balaban J connectivity index is 2.42. The Labute approximate surface area is 97.0 Å². The third kappa shape index (κ3) is 3.66. The first-order valence-corrected chi connectivity index (χ1v) is 5.73. The molecule has 1 rings (SSSR count). The molecule has 1 aromatic carbocycles. The molecule has 0 aromatic heterocycles. The van der Waals surface area contributed by atoms with Gasteiger partial charge in [0.25, 0.3) is 0 Å². The maximum absolute atomic E-state index is 11.5. The van der Waals surface area contributed by atoms with E-state index in [2.05, 4.69) is 5.32 Å². The van der Waals surface area contributed by atoms with Crippen molar-refractivity contribution in [1.82, 2.24) is 5.32 Å². The molecule has 0 saturated heterocycles. The zero-order valence-electron chi connectivity index (χ0n) is 9.94. The number of amides is 1. The van der Waals surface area contributed by atoms with Crippen molar-refractivity contribution >= 4 is 5.91 Å². The SMILES string of the molecule is CCC(C)C(=O)NCC(N)c1ccccc1. The third-order valence-electron chi connectivity index (χ3n) is 2.78. The van der Waals surface area contributed by atoms with Gasteiger partial charge < -0.3 is 11.1 Å². The van der Waals surface area contributed by atoms with Gasteiger partial charge in [0.05, 0.1) is 0 Å². The summed E-state index contributed by atoms with van der Waals surface area (Å²) < 4.78 is 0. The fourth-order valence-corrected chi connectivity index (χ4v) is 1.39. The van der Waals surface area contributed by atoms with E-state index in [0.29, 0.717) is 6.54 Å². The number of rotatable bonds is 5. The lowest BCUT2D eigenvalue weighted by molar-refractivity contribution is -0.124. The highest BCUT2D eigenvalue weighted by Crippen LogP contribution is 2.08. The van der Waals surface area contributed by atoms with E-state index >= 15 is 0 Å². The molecule has 1 aromatic rings. The molecule has 2 atom stereocenters. The van der Waals surface area contributed by atoms with Crippen LogP contribution < -0.4 is 11.1 Å². The molecule has 2 unspecified atom stereocenters. The first kappa shape index (κ1) is 12.7. The molecule has 0 heterocycles. The van der Waals surface area contributed by atoms with Gasteiger partial charge in [0.15, 0.2) is 0 Å². The van der Waals surface area contributed by atoms with Crippen LogP contribution in [-0.4, -0.2) is 12.5 Å². The predicted molar refractivity (Wildman–Crippen MR) is 65.8 cm³/mol. The van der Waals surface area contributed by atoms with Crippen LogP contribution in [0.2, 0.25) is 0 Å². The summed E-state index contributed by atoms with van der Waals surface area (Å²) in [4.78, 5) is 11.5. The van der Waals surface area contributed by atoms with E-state index in [1.165, 1.54) is 0 Å². The van der Waals surface area contributed by atoms with Gasteiger partial charge in [-0.05, 0) is 12.0 Å². The molecule has 88 valence electrons. The number of carbonyl (C=O) groups excluding carboxylic acids is 1. The Morgan fingerprint density at radius 2 is 2.00 bits per heavy atom. The highest BCUT2D eigenvalue weighted by atomic mass is 16.1. The molecule has 0 aliphatic heterocycles. The molecule has 0 fully saturated rings. The van der Waals surface area contributed by atoms with E-state index in [4.69, 9.17) is 5.73 Å².